The summed E-state index contributed by atoms with van der Waals surface area (Å²) in [7, 11) is 0. The molecule has 0 saturated carbocycles. The largest absolute Gasteiger partial charge is 0.456 e. The average Bonchev–Trinajstić information content (AvgIpc) is 2.25. The first-order valence-electron chi connectivity index (χ1n) is 5.62. The summed E-state index contributed by atoms with van der Waals surface area (Å²) in [5.74, 6) is -1.71. The van der Waals surface area contributed by atoms with Gasteiger partial charge in [-0.3, -0.25) is 14.4 Å². The smallest absolute Gasteiger partial charge is 0.303 e. The molecule has 1 saturated heterocycles. The minimum Gasteiger partial charge on any atom is -0.456 e. The van der Waals surface area contributed by atoms with Crippen molar-refractivity contribution in [3.05, 3.63) is 0 Å². The lowest BCUT2D eigenvalue weighted by Gasteiger charge is -2.38. The lowest BCUT2D eigenvalue weighted by Crippen LogP contribution is -2.55. The van der Waals surface area contributed by atoms with Gasteiger partial charge in [0, 0.05) is 20.8 Å². The molecule has 108 valence electrons. The van der Waals surface area contributed by atoms with Gasteiger partial charge in [-0.25, -0.2) is 0 Å². The zero-order chi connectivity index (χ0) is 14.6. The quantitative estimate of drug-likeness (QED) is 0.447. The van der Waals surface area contributed by atoms with Crippen LogP contribution in [0.25, 0.3) is 0 Å². The van der Waals surface area contributed by atoms with E-state index in [0.717, 1.165) is 0 Å². The minimum absolute atomic E-state index is 0.00343. The molecule has 0 N–H and O–H groups in total. The summed E-state index contributed by atoms with van der Waals surface area (Å²) >= 11 is 4.11. The third-order valence-electron chi connectivity index (χ3n) is 2.32. The molecule has 0 aromatic heterocycles. The second-order valence-electron chi connectivity index (χ2n) is 4.02. The summed E-state index contributed by atoms with van der Waals surface area (Å²) < 4.78 is 20.3. The topological polar surface area (TPSA) is 88.1 Å². The Morgan fingerprint density at radius 3 is 1.89 bits per heavy atom. The number of thiol groups is 1. The molecule has 1 aliphatic heterocycles. The molecule has 7 nitrogen and oxygen atoms in total. The first kappa shape index (κ1) is 15.8. The van der Waals surface area contributed by atoms with E-state index in [2.05, 4.69) is 12.6 Å². The molecule has 0 amide bonds. The van der Waals surface area contributed by atoms with Crippen molar-refractivity contribution in [3.8, 4) is 0 Å². The lowest BCUT2D eigenvalue weighted by atomic mass is 10.1. The van der Waals surface area contributed by atoms with Crippen molar-refractivity contribution in [2.75, 3.05) is 6.61 Å². The molecule has 8 heteroatoms. The second-order valence-corrected chi connectivity index (χ2v) is 4.53. The van der Waals surface area contributed by atoms with E-state index >= 15 is 0 Å². The summed E-state index contributed by atoms with van der Waals surface area (Å²) in [5, 5.41) is 0. The fourth-order valence-electron chi connectivity index (χ4n) is 1.72. The highest BCUT2D eigenvalue weighted by molar-refractivity contribution is 7.80. The molecule has 1 aliphatic rings. The van der Waals surface area contributed by atoms with Crippen molar-refractivity contribution in [2.45, 2.75) is 44.5 Å². The van der Waals surface area contributed by atoms with Crippen LogP contribution in [-0.2, 0) is 33.3 Å². The summed E-state index contributed by atoms with van der Waals surface area (Å²) in [6, 6.07) is 0. The molecule has 0 aromatic carbocycles. The van der Waals surface area contributed by atoms with Crippen LogP contribution in [0.3, 0.4) is 0 Å². The highest BCUT2D eigenvalue weighted by Crippen LogP contribution is 2.26. The molecular weight excluding hydrogens is 276 g/mol. The van der Waals surface area contributed by atoms with Gasteiger partial charge in [0.15, 0.2) is 18.3 Å². The Labute approximate surface area is 115 Å². The SMILES string of the molecule is CC(=O)O[C@@H]1[C@H](OC(C)=O)[C@H](OC(C)=O)CO[C@H]1S. The summed E-state index contributed by atoms with van der Waals surface area (Å²) in [6.07, 6.45) is -2.72. The van der Waals surface area contributed by atoms with E-state index in [9.17, 15) is 14.4 Å². The normalized spacial score (nSPS) is 30.3. The van der Waals surface area contributed by atoms with E-state index in [1.807, 2.05) is 0 Å². The van der Waals surface area contributed by atoms with Gasteiger partial charge in [-0.05, 0) is 0 Å². The van der Waals surface area contributed by atoms with Gasteiger partial charge in [0.1, 0.15) is 5.44 Å². The maximum absolute atomic E-state index is 11.1. The van der Waals surface area contributed by atoms with Gasteiger partial charge in [-0.15, -0.1) is 12.6 Å². The van der Waals surface area contributed by atoms with E-state index in [4.69, 9.17) is 18.9 Å². The number of carbonyl (C=O) groups is 3. The molecule has 0 aliphatic carbocycles. The summed E-state index contributed by atoms with van der Waals surface area (Å²) in [4.78, 5) is 33.2. The molecule has 0 unspecified atom stereocenters. The average molecular weight is 292 g/mol. The van der Waals surface area contributed by atoms with E-state index in [0.29, 0.717) is 0 Å². The lowest BCUT2D eigenvalue weighted by molar-refractivity contribution is -0.213. The van der Waals surface area contributed by atoms with Crippen molar-refractivity contribution >= 4 is 30.5 Å². The highest BCUT2D eigenvalue weighted by atomic mass is 32.1. The maximum Gasteiger partial charge on any atom is 0.303 e. The van der Waals surface area contributed by atoms with E-state index < -0.39 is 41.7 Å². The second kappa shape index (κ2) is 6.76. The van der Waals surface area contributed by atoms with Crippen molar-refractivity contribution in [2.24, 2.45) is 0 Å². The number of esters is 3. The zero-order valence-corrected chi connectivity index (χ0v) is 11.7. The Morgan fingerprint density at radius 2 is 1.42 bits per heavy atom. The fourth-order valence-corrected chi connectivity index (χ4v) is 2.04. The van der Waals surface area contributed by atoms with E-state index in [1.165, 1.54) is 20.8 Å². The number of hydrogen-bond acceptors (Lipinski definition) is 8. The van der Waals surface area contributed by atoms with Crippen LogP contribution in [0.4, 0.5) is 0 Å². The number of rotatable bonds is 3. The van der Waals surface area contributed by atoms with Gasteiger partial charge in [0.2, 0.25) is 0 Å². The van der Waals surface area contributed by atoms with Crippen LogP contribution in [0, 0.1) is 0 Å². The van der Waals surface area contributed by atoms with E-state index in [1.54, 1.807) is 0 Å². The van der Waals surface area contributed by atoms with Crippen molar-refractivity contribution in [1.82, 2.24) is 0 Å². The number of hydrogen-bond donors (Lipinski definition) is 1. The maximum atomic E-state index is 11.1. The van der Waals surface area contributed by atoms with Gasteiger partial charge in [0.25, 0.3) is 0 Å². The Bertz CT molecular complexity index is 370. The predicted octanol–water partition coefficient (Wildman–Crippen LogP) is 0.0676. The Balaban J connectivity index is 2.89. The molecule has 1 rings (SSSR count). The predicted molar refractivity (Wildman–Crippen MR) is 65.4 cm³/mol. The van der Waals surface area contributed by atoms with Crippen LogP contribution in [-0.4, -0.2) is 48.3 Å². The van der Waals surface area contributed by atoms with Crippen LogP contribution < -0.4 is 0 Å². The standard InChI is InChI=1S/C11H16O7S/c1-5(12)16-8-4-15-11(19)10(18-7(3)14)9(8)17-6(2)13/h8-11,19H,4H2,1-3H3/t8-,9-,10-,11+/m1/s1. The molecular formula is C11H16O7S. The highest BCUT2D eigenvalue weighted by Gasteiger charge is 2.45. The third-order valence-corrected chi connectivity index (χ3v) is 2.77. The summed E-state index contributed by atoms with van der Waals surface area (Å²) in [5.41, 5.74) is -0.764. The monoisotopic (exact) mass is 292 g/mol. The van der Waals surface area contributed by atoms with Crippen LogP contribution in [0.15, 0.2) is 0 Å². The van der Waals surface area contributed by atoms with Crippen LogP contribution in [0.2, 0.25) is 0 Å². The molecule has 1 fully saturated rings. The zero-order valence-electron chi connectivity index (χ0n) is 10.8. The van der Waals surface area contributed by atoms with Crippen molar-refractivity contribution in [3.63, 3.8) is 0 Å². The summed E-state index contributed by atoms with van der Waals surface area (Å²) in [6.45, 7) is 3.64. The first-order chi connectivity index (χ1) is 8.81. The molecule has 0 radical (unpaired) electrons. The Kier molecular flexibility index (Phi) is 5.61. The third kappa shape index (κ3) is 4.71. The van der Waals surface area contributed by atoms with Crippen LogP contribution in [0.5, 0.6) is 0 Å². The molecule has 19 heavy (non-hydrogen) atoms. The molecule has 0 bridgehead atoms. The minimum atomic E-state index is -0.943. The fraction of sp³-hybridized carbons (Fsp3) is 0.727. The van der Waals surface area contributed by atoms with Gasteiger partial charge in [-0.1, -0.05) is 0 Å². The number of carbonyl (C=O) groups excluding carboxylic acids is 3. The molecule has 0 aromatic rings. The van der Waals surface area contributed by atoms with Crippen molar-refractivity contribution in [1.29, 1.82) is 0 Å². The van der Waals surface area contributed by atoms with Gasteiger partial charge >= 0.3 is 17.9 Å². The van der Waals surface area contributed by atoms with Crippen LogP contribution in [0.1, 0.15) is 20.8 Å². The van der Waals surface area contributed by atoms with Gasteiger partial charge in [0.05, 0.1) is 6.61 Å². The Morgan fingerprint density at radius 1 is 0.947 bits per heavy atom. The van der Waals surface area contributed by atoms with Gasteiger partial charge < -0.3 is 18.9 Å². The first-order valence-corrected chi connectivity index (χ1v) is 6.14. The number of ether oxygens (including phenoxy) is 4. The van der Waals surface area contributed by atoms with Gasteiger partial charge in [-0.2, -0.15) is 0 Å². The van der Waals surface area contributed by atoms with Crippen molar-refractivity contribution < 1.29 is 33.3 Å². The molecule has 0 spiro atoms. The van der Waals surface area contributed by atoms with E-state index in [-0.39, 0.29) is 6.61 Å². The van der Waals surface area contributed by atoms with Crippen LogP contribution >= 0.6 is 12.6 Å². The Hall–Kier alpha value is -1.28. The molecule has 1 heterocycles. The molecule has 4 atom stereocenters.